The van der Waals surface area contributed by atoms with Gasteiger partial charge in [-0.15, -0.1) is 0 Å². The van der Waals surface area contributed by atoms with Crippen molar-refractivity contribution in [1.82, 2.24) is 0 Å². The minimum absolute atomic E-state index is 0.797. The first kappa shape index (κ1) is 10.5. The maximum absolute atomic E-state index is 5.64. The van der Waals surface area contributed by atoms with E-state index >= 15 is 0 Å². The van der Waals surface area contributed by atoms with E-state index in [0.717, 1.165) is 18.1 Å². The number of hydrogen-bond donors (Lipinski definition) is 0. The van der Waals surface area contributed by atoms with Crippen molar-refractivity contribution in [3.05, 3.63) is 29.3 Å². The van der Waals surface area contributed by atoms with Crippen LogP contribution in [0.4, 0.5) is 0 Å². The Morgan fingerprint density at radius 1 is 1.31 bits per heavy atom. The number of aryl methyl sites for hydroxylation is 1. The van der Waals surface area contributed by atoms with E-state index in [4.69, 9.17) is 4.74 Å². The molecule has 0 unspecified atom stereocenters. The van der Waals surface area contributed by atoms with Gasteiger partial charge in [-0.05, 0) is 37.3 Å². The molecular weight excluding hydrogens is 180 g/mol. The third kappa shape index (κ3) is 2.96. The second kappa shape index (κ2) is 5.18. The lowest BCUT2D eigenvalue weighted by atomic mass is 10.1. The molecule has 0 fully saturated rings. The maximum atomic E-state index is 5.64. The molecule has 0 bridgehead atoms. The highest BCUT2D eigenvalue weighted by molar-refractivity contribution is 7.98. The topological polar surface area (TPSA) is 9.23 Å². The van der Waals surface area contributed by atoms with E-state index in [1.165, 1.54) is 11.1 Å². The Kier molecular flexibility index (Phi) is 4.16. The summed E-state index contributed by atoms with van der Waals surface area (Å²) < 4.78 is 5.64. The van der Waals surface area contributed by atoms with Gasteiger partial charge >= 0.3 is 0 Å². The van der Waals surface area contributed by atoms with Gasteiger partial charge in [-0.1, -0.05) is 12.1 Å². The molecule has 1 rings (SSSR count). The molecule has 1 aromatic rings. The molecule has 0 saturated carbocycles. The van der Waals surface area contributed by atoms with Crippen LogP contribution in [0.5, 0.6) is 5.75 Å². The number of rotatable bonds is 4. The Bertz CT molecular complexity index is 271. The van der Waals surface area contributed by atoms with Crippen molar-refractivity contribution in [1.29, 1.82) is 0 Å². The van der Waals surface area contributed by atoms with Crippen molar-refractivity contribution in [3.8, 4) is 5.75 Å². The fourth-order valence-electron chi connectivity index (χ4n) is 1.12. The highest BCUT2D eigenvalue weighted by Gasteiger charge is 2.00. The first-order chi connectivity index (χ1) is 6.25. The van der Waals surface area contributed by atoms with Crippen LogP contribution in [0.2, 0.25) is 0 Å². The second-order valence-corrected chi connectivity index (χ2v) is 4.02. The molecule has 0 atom stereocenters. The van der Waals surface area contributed by atoms with E-state index in [-0.39, 0.29) is 0 Å². The van der Waals surface area contributed by atoms with Crippen LogP contribution in [0.25, 0.3) is 0 Å². The lowest BCUT2D eigenvalue weighted by Crippen LogP contribution is -2.01. The van der Waals surface area contributed by atoms with E-state index in [1.807, 2.05) is 12.1 Å². The number of ether oxygens (including phenoxy) is 1. The summed E-state index contributed by atoms with van der Waals surface area (Å²) in [5.74, 6) is 2.07. The predicted molar refractivity (Wildman–Crippen MR) is 59.8 cm³/mol. The van der Waals surface area contributed by atoms with Crippen molar-refractivity contribution in [2.75, 3.05) is 18.6 Å². The van der Waals surface area contributed by atoms with Crippen LogP contribution in [0, 0.1) is 13.8 Å². The first-order valence-corrected chi connectivity index (χ1v) is 5.83. The van der Waals surface area contributed by atoms with Crippen LogP contribution in [-0.2, 0) is 0 Å². The number of hydrogen-bond acceptors (Lipinski definition) is 2. The summed E-state index contributed by atoms with van der Waals surface area (Å²) in [6.07, 6.45) is 2.09. The Balaban J connectivity index is 2.61. The van der Waals surface area contributed by atoms with Crippen LogP contribution in [-0.4, -0.2) is 18.6 Å². The zero-order chi connectivity index (χ0) is 9.68. The van der Waals surface area contributed by atoms with Crippen LogP contribution >= 0.6 is 11.8 Å². The molecule has 0 aliphatic rings. The van der Waals surface area contributed by atoms with E-state index in [0.29, 0.717) is 0 Å². The molecule has 2 heteroatoms. The molecule has 13 heavy (non-hydrogen) atoms. The van der Waals surface area contributed by atoms with E-state index in [2.05, 4.69) is 26.2 Å². The molecule has 72 valence electrons. The molecule has 1 nitrogen and oxygen atoms in total. The van der Waals surface area contributed by atoms with Crippen molar-refractivity contribution in [2.24, 2.45) is 0 Å². The Hall–Kier alpha value is -0.630. The zero-order valence-corrected chi connectivity index (χ0v) is 9.28. The molecule has 1 aromatic carbocycles. The van der Waals surface area contributed by atoms with Gasteiger partial charge in [0.25, 0.3) is 0 Å². The van der Waals surface area contributed by atoms with Gasteiger partial charge in [0, 0.05) is 5.75 Å². The van der Waals surface area contributed by atoms with Gasteiger partial charge in [-0.25, -0.2) is 0 Å². The summed E-state index contributed by atoms with van der Waals surface area (Å²) in [6, 6.07) is 6.18. The van der Waals surface area contributed by atoms with Gasteiger partial charge in [0.15, 0.2) is 0 Å². The van der Waals surface area contributed by atoms with Crippen LogP contribution in [0.1, 0.15) is 11.1 Å². The maximum Gasteiger partial charge on any atom is 0.122 e. The highest BCUT2D eigenvalue weighted by Crippen LogP contribution is 2.20. The molecule has 0 spiro atoms. The zero-order valence-electron chi connectivity index (χ0n) is 8.46. The smallest absolute Gasteiger partial charge is 0.122 e. The molecule has 0 aliphatic heterocycles. The molecule has 0 N–H and O–H groups in total. The summed E-state index contributed by atoms with van der Waals surface area (Å²) in [7, 11) is 0. The molecule has 0 heterocycles. The SMILES string of the molecule is CSCCOc1cccc(C)c1C. The summed E-state index contributed by atoms with van der Waals surface area (Å²) in [5, 5.41) is 0. The van der Waals surface area contributed by atoms with E-state index in [9.17, 15) is 0 Å². The Labute approximate surface area is 84.5 Å². The summed E-state index contributed by atoms with van der Waals surface area (Å²) in [5.41, 5.74) is 2.55. The molecule has 0 saturated heterocycles. The molecule has 0 aliphatic carbocycles. The standard InChI is InChI=1S/C11H16OS/c1-9-5-4-6-11(10(9)2)12-7-8-13-3/h4-6H,7-8H2,1-3H3. The van der Waals surface area contributed by atoms with E-state index in [1.54, 1.807) is 11.8 Å². The average Bonchev–Trinajstić information content (AvgIpc) is 2.13. The Morgan fingerprint density at radius 3 is 2.77 bits per heavy atom. The lowest BCUT2D eigenvalue weighted by Gasteiger charge is -2.09. The quantitative estimate of drug-likeness (QED) is 0.684. The number of thioether (sulfide) groups is 1. The molecular formula is C11H16OS. The minimum atomic E-state index is 0.797. The third-order valence-corrected chi connectivity index (χ3v) is 2.67. The van der Waals surface area contributed by atoms with Crippen molar-refractivity contribution >= 4 is 11.8 Å². The predicted octanol–water partition coefficient (Wildman–Crippen LogP) is 3.05. The second-order valence-electron chi connectivity index (χ2n) is 3.04. The Morgan fingerprint density at radius 2 is 2.08 bits per heavy atom. The summed E-state index contributed by atoms with van der Waals surface area (Å²) in [4.78, 5) is 0. The van der Waals surface area contributed by atoms with Crippen LogP contribution < -0.4 is 4.74 Å². The van der Waals surface area contributed by atoms with Gasteiger partial charge < -0.3 is 4.74 Å². The van der Waals surface area contributed by atoms with Gasteiger partial charge in [0.05, 0.1) is 6.61 Å². The van der Waals surface area contributed by atoms with Crippen LogP contribution in [0.15, 0.2) is 18.2 Å². The molecule has 0 amide bonds. The first-order valence-electron chi connectivity index (χ1n) is 4.43. The van der Waals surface area contributed by atoms with Crippen molar-refractivity contribution < 1.29 is 4.74 Å². The van der Waals surface area contributed by atoms with Gasteiger partial charge in [0.1, 0.15) is 5.75 Å². The summed E-state index contributed by atoms with van der Waals surface area (Å²) >= 11 is 1.81. The summed E-state index contributed by atoms with van der Waals surface area (Å²) in [6.45, 7) is 5.01. The fourth-order valence-corrected chi connectivity index (χ4v) is 1.37. The van der Waals surface area contributed by atoms with Crippen LogP contribution in [0.3, 0.4) is 0 Å². The van der Waals surface area contributed by atoms with Gasteiger partial charge in [0.2, 0.25) is 0 Å². The molecule has 0 aromatic heterocycles. The number of benzene rings is 1. The molecule has 0 radical (unpaired) electrons. The monoisotopic (exact) mass is 196 g/mol. The normalized spacial score (nSPS) is 10.1. The van der Waals surface area contributed by atoms with Gasteiger partial charge in [-0.2, -0.15) is 11.8 Å². The van der Waals surface area contributed by atoms with E-state index < -0.39 is 0 Å². The highest BCUT2D eigenvalue weighted by atomic mass is 32.2. The van der Waals surface area contributed by atoms with Crippen molar-refractivity contribution in [2.45, 2.75) is 13.8 Å². The average molecular weight is 196 g/mol. The third-order valence-electron chi connectivity index (χ3n) is 2.10. The van der Waals surface area contributed by atoms with Gasteiger partial charge in [-0.3, -0.25) is 0 Å². The lowest BCUT2D eigenvalue weighted by molar-refractivity contribution is 0.341. The fraction of sp³-hybridized carbons (Fsp3) is 0.455. The van der Waals surface area contributed by atoms with Crippen molar-refractivity contribution in [3.63, 3.8) is 0 Å². The minimum Gasteiger partial charge on any atom is -0.492 e. The largest absolute Gasteiger partial charge is 0.492 e.